The first-order chi connectivity index (χ1) is 23.7. The summed E-state index contributed by atoms with van der Waals surface area (Å²) in [6.45, 7) is 0. The van der Waals surface area contributed by atoms with Gasteiger partial charge in [-0.3, -0.25) is 0 Å². The van der Waals surface area contributed by atoms with E-state index in [1.807, 2.05) is 11.3 Å². The van der Waals surface area contributed by atoms with Crippen molar-refractivity contribution in [2.24, 2.45) is 23.7 Å². The van der Waals surface area contributed by atoms with E-state index in [1.165, 1.54) is 102 Å². The van der Waals surface area contributed by atoms with Crippen LogP contribution < -0.4 is 0 Å². The van der Waals surface area contributed by atoms with Crippen LogP contribution >= 0.6 is 11.3 Å². The first kappa shape index (κ1) is 26.3. The lowest BCUT2D eigenvalue weighted by molar-refractivity contribution is -0.0399. The summed E-state index contributed by atoms with van der Waals surface area (Å²) in [4.78, 5) is 0. The van der Waals surface area contributed by atoms with Crippen molar-refractivity contribution in [2.45, 2.75) is 37.5 Å². The molecule has 0 N–H and O–H groups in total. The summed E-state index contributed by atoms with van der Waals surface area (Å²) in [6.07, 6.45) is 7.18. The minimum absolute atomic E-state index is 0.205. The van der Waals surface area contributed by atoms with Crippen molar-refractivity contribution in [1.29, 1.82) is 0 Å². The summed E-state index contributed by atoms with van der Waals surface area (Å²) >= 11 is 1.90. The lowest BCUT2D eigenvalue weighted by Crippen LogP contribution is -2.55. The van der Waals surface area contributed by atoms with Crippen LogP contribution in [0.15, 0.2) is 127 Å². The maximum Gasteiger partial charge on any atom is 0.0547 e. The van der Waals surface area contributed by atoms with Gasteiger partial charge in [-0.25, -0.2) is 0 Å². The Morgan fingerprint density at radius 2 is 1.12 bits per heavy atom. The quantitative estimate of drug-likeness (QED) is 0.178. The minimum atomic E-state index is 0.205. The van der Waals surface area contributed by atoms with Crippen molar-refractivity contribution in [3.63, 3.8) is 0 Å². The second kappa shape index (κ2) is 9.27. The molecule has 0 radical (unpaired) electrons. The predicted octanol–water partition coefficient (Wildman–Crippen LogP) is 12.5. The molecule has 4 fully saturated rings. The van der Waals surface area contributed by atoms with Gasteiger partial charge in [0.25, 0.3) is 0 Å². The van der Waals surface area contributed by atoms with Crippen molar-refractivity contribution in [2.75, 3.05) is 0 Å². The molecule has 6 aromatic carbocycles. The van der Waals surface area contributed by atoms with Gasteiger partial charge >= 0.3 is 0 Å². The largest absolute Gasteiger partial charge is 0.309 e. The minimum Gasteiger partial charge on any atom is -0.309 e. The van der Waals surface area contributed by atoms with Crippen LogP contribution in [0.1, 0.15) is 43.2 Å². The van der Waals surface area contributed by atoms with Crippen molar-refractivity contribution < 1.29 is 0 Å². The van der Waals surface area contributed by atoms with Crippen molar-refractivity contribution in [3.05, 3.63) is 139 Å². The molecule has 0 aliphatic heterocycles. The zero-order valence-electron chi connectivity index (χ0n) is 26.8. The number of rotatable bonds is 2. The van der Waals surface area contributed by atoms with Gasteiger partial charge in [0.05, 0.1) is 11.0 Å². The van der Waals surface area contributed by atoms with E-state index < -0.39 is 0 Å². The zero-order valence-corrected chi connectivity index (χ0v) is 27.6. The van der Waals surface area contributed by atoms with Gasteiger partial charge in [0, 0.05) is 42.0 Å². The molecule has 0 unspecified atom stereocenters. The van der Waals surface area contributed by atoms with Gasteiger partial charge in [0.15, 0.2) is 0 Å². The molecule has 0 saturated heterocycles. The molecule has 0 amide bonds. The smallest absolute Gasteiger partial charge is 0.0547 e. The fourth-order valence-corrected chi connectivity index (χ4v) is 12.8. The number of fused-ring (bicyclic) bond motifs is 9. The maximum absolute atomic E-state index is 2.56. The molecule has 13 rings (SSSR count). The van der Waals surface area contributed by atoms with Crippen molar-refractivity contribution >= 4 is 53.3 Å². The number of aromatic nitrogens is 1. The lowest BCUT2D eigenvalue weighted by Gasteiger charge is -2.61. The normalized spacial score (nSPS) is 25.2. The highest BCUT2D eigenvalue weighted by molar-refractivity contribution is 7.25. The molecular weight excluding hydrogens is 599 g/mol. The molecule has 1 nitrogen and oxygen atoms in total. The molecule has 4 bridgehead atoms. The Morgan fingerprint density at radius 1 is 0.479 bits per heavy atom. The molecule has 5 aliphatic carbocycles. The average molecular weight is 634 g/mol. The third kappa shape index (κ3) is 3.27. The maximum atomic E-state index is 2.56. The Morgan fingerprint density at radius 3 is 1.98 bits per heavy atom. The molecule has 230 valence electrons. The van der Waals surface area contributed by atoms with E-state index in [0.717, 1.165) is 23.7 Å². The fourth-order valence-electron chi connectivity index (χ4n) is 11.6. The molecule has 8 aromatic rings. The second-order valence-electron chi connectivity index (χ2n) is 15.3. The van der Waals surface area contributed by atoms with Crippen LogP contribution in [0.4, 0.5) is 0 Å². The summed E-state index contributed by atoms with van der Waals surface area (Å²) in [5.74, 6) is 3.49. The van der Waals surface area contributed by atoms with E-state index in [9.17, 15) is 0 Å². The average Bonchev–Trinajstić information content (AvgIpc) is 3.76. The molecule has 2 heterocycles. The van der Waals surface area contributed by atoms with Gasteiger partial charge < -0.3 is 4.57 Å². The van der Waals surface area contributed by atoms with Crippen LogP contribution in [0, 0.1) is 23.7 Å². The Labute approximate surface area is 284 Å². The van der Waals surface area contributed by atoms with Gasteiger partial charge in [-0.2, -0.15) is 0 Å². The summed E-state index contributed by atoms with van der Waals surface area (Å²) in [6, 6.07) is 49.0. The van der Waals surface area contributed by atoms with Crippen molar-refractivity contribution in [1.82, 2.24) is 4.57 Å². The van der Waals surface area contributed by atoms with Crippen LogP contribution in [0.25, 0.3) is 69.9 Å². The van der Waals surface area contributed by atoms with E-state index in [1.54, 1.807) is 11.1 Å². The Balaban J connectivity index is 1.06. The molecule has 0 atom stereocenters. The van der Waals surface area contributed by atoms with Crippen LogP contribution in [-0.4, -0.2) is 4.57 Å². The molecule has 4 saturated carbocycles. The van der Waals surface area contributed by atoms with Gasteiger partial charge in [-0.1, -0.05) is 91.0 Å². The number of hydrogen-bond acceptors (Lipinski definition) is 1. The number of para-hydroxylation sites is 1. The van der Waals surface area contributed by atoms with E-state index in [-0.39, 0.29) is 5.41 Å². The van der Waals surface area contributed by atoms with Crippen LogP contribution in [0.5, 0.6) is 0 Å². The summed E-state index contributed by atoms with van der Waals surface area (Å²) < 4.78 is 5.25. The van der Waals surface area contributed by atoms with Crippen LogP contribution in [0.3, 0.4) is 0 Å². The van der Waals surface area contributed by atoms with E-state index in [2.05, 4.69) is 132 Å². The summed E-state index contributed by atoms with van der Waals surface area (Å²) in [5, 5.41) is 5.34. The van der Waals surface area contributed by atoms with Gasteiger partial charge in [0.1, 0.15) is 0 Å². The van der Waals surface area contributed by atoms with Gasteiger partial charge in [-0.15, -0.1) is 11.3 Å². The third-order valence-corrected chi connectivity index (χ3v) is 14.3. The topological polar surface area (TPSA) is 4.93 Å². The SMILES string of the molecule is c1ccc2c(c1)-c1cc(-n3c4ccccc4c4ccc(-c5ccc6c(c5)sc5ccccc56)cc43)ccc1C21C2CC3CC(C2)CC1C3. The highest BCUT2D eigenvalue weighted by atomic mass is 32.1. The lowest BCUT2D eigenvalue weighted by atomic mass is 9.43. The molecule has 2 heteroatoms. The fraction of sp³-hybridized carbons (Fsp3) is 0.217. The summed E-state index contributed by atoms with van der Waals surface area (Å²) in [7, 11) is 0. The highest BCUT2D eigenvalue weighted by Crippen LogP contribution is 2.69. The molecule has 48 heavy (non-hydrogen) atoms. The number of thiophene rings is 1. The van der Waals surface area contributed by atoms with E-state index in [4.69, 9.17) is 0 Å². The summed E-state index contributed by atoms with van der Waals surface area (Å²) in [5.41, 5.74) is 12.8. The first-order valence-corrected chi connectivity index (χ1v) is 18.8. The third-order valence-electron chi connectivity index (χ3n) is 13.2. The first-order valence-electron chi connectivity index (χ1n) is 17.9. The van der Waals surface area contributed by atoms with Crippen LogP contribution in [-0.2, 0) is 5.41 Å². The predicted molar refractivity (Wildman–Crippen MR) is 202 cm³/mol. The highest BCUT2D eigenvalue weighted by Gasteiger charge is 2.61. The Kier molecular flexibility index (Phi) is 5.08. The number of hydrogen-bond donors (Lipinski definition) is 0. The molecular formula is C46H35NS. The van der Waals surface area contributed by atoms with E-state index >= 15 is 0 Å². The molecule has 1 spiro atoms. The zero-order chi connectivity index (χ0) is 31.1. The Bertz CT molecular complexity index is 2620. The second-order valence-corrected chi connectivity index (χ2v) is 16.4. The van der Waals surface area contributed by atoms with Gasteiger partial charge in [-0.05, 0) is 126 Å². The Hall–Kier alpha value is -4.66. The van der Waals surface area contributed by atoms with Crippen LogP contribution in [0.2, 0.25) is 0 Å². The van der Waals surface area contributed by atoms with E-state index in [0.29, 0.717) is 0 Å². The number of benzene rings is 6. The molecule has 2 aromatic heterocycles. The van der Waals surface area contributed by atoms with Gasteiger partial charge in [0.2, 0.25) is 0 Å². The monoisotopic (exact) mass is 633 g/mol. The number of nitrogens with zero attached hydrogens (tertiary/aromatic N) is 1. The molecule has 5 aliphatic rings. The standard InChI is InChI=1S/C46H35NS/c1-4-10-40-34(7-1)39-26-33(15-18-41(39)46(40)31-20-27-19-28(22-31)23-32(46)21-27)47-42-11-5-2-8-35(42)36-16-13-29(24-43(36)47)30-14-17-38-37-9-3-6-12-44(37)48-45(38)25-30/h1-18,24-28,31-32H,19-23H2. The van der Waals surface area contributed by atoms with Crippen molar-refractivity contribution in [3.8, 4) is 27.9 Å².